The Labute approximate surface area is 171 Å². The number of nitrogens with one attached hydrogen (secondary N) is 1. The van der Waals surface area contributed by atoms with E-state index in [-0.39, 0.29) is 11.5 Å². The molecule has 0 amide bonds. The first-order valence-electron chi connectivity index (χ1n) is 9.61. The molecule has 4 aromatic heterocycles. The summed E-state index contributed by atoms with van der Waals surface area (Å²) in [4.78, 5) is 22.1. The van der Waals surface area contributed by atoms with Crippen molar-refractivity contribution in [1.82, 2.24) is 29.5 Å². The minimum atomic E-state index is -0.114. The number of thiazole rings is 1. The summed E-state index contributed by atoms with van der Waals surface area (Å²) in [6.07, 6.45) is 10.3. The zero-order valence-electron chi connectivity index (χ0n) is 16.7. The van der Waals surface area contributed by atoms with Crippen LogP contribution in [-0.4, -0.2) is 42.3 Å². The summed E-state index contributed by atoms with van der Waals surface area (Å²) in [7, 11) is 1.88. The highest BCUT2D eigenvalue weighted by atomic mass is 32.1. The molecule has 0 aliphatic heterocycles. The molecule has 1 atom stereocenters. The standard InChI is InChI=1S/C20H23N7OS/c1-4-5-6-8-21-10-11-27-20(28)16-14(12-23-27)17-18(26(16)3)24-19(29-17)13(2)15-7-9-22-25-15/h5-9,12-13H,4,10-11H2,1-3H3,(H,22,25)/b6-5-,21-8-/t13-/m1/s1. The van der Waals surface area contributed by atoms with Crippen LogP contribution in [0.5, 0.6) is 0 Å². The Hall–Kier alpha value is -3.07. The number of hydrogen-bond acceptors (Lipinski definition) is 6. The summed E-state index contributed by atoms with van der Waals surface area (Å²) in [6, 6.07) is 1.95. The molecule has 0 saturated heterocycles. The molecular weight excluding hydrogens is 386 g/mol. The molecular formula is C20H23N7OS. The van der Waals surface area contributed by atoms with E-state index in [1.165, 1.54) is 4.68 Å². The topological polar surface area (TPSA) is 93.8 Å². The zero-order valence-corrected chi connectivity index (χ0v) is 17.5. The molecule has 0 saturated carbocycles. The summed E-state index contributed by atoms with van der Waals surface area (Å²) in [5.41, 5.74) is 2.27. The number of fused-ring (bicyclic) bond motifs is 3. The van der Waals surface area contributed by atoms with Gasteiger partial charge in [0.2, 0.25) is 0 Å². The highest BCUT2D eigenvalue weighted by Gasteiger charge is 2.21. The summed E-state index contributed by atoms with van der Waals surface area (Å²) in [6.45, 7) is 5.11. The van der Waals surface area contributed by atoms with E-state index in [9.17, 15) is 4.79 Å². The maximum Gasteiger partial charge on any atom is 0.291 e. The van der Waals surface area contributed by atoms with Gasteiger partial charge in [-0.15, -0.1) is 11.3 Å². The lowest BCUT2D eigenvalue weighted by atomic mass is 10.1. The van der Waals surface area contributed by atoms with E-state index >= 15 is 0 Å². The predicted molar refractivity (Wildman–Crippen MR) is 117 cm³/mol. The molecule has 0 spiro atoms. The van der Waals surface area contributed by atoms with Crippen LogP contribution in [0, 0.1) is 0 Å². The Bertz CT molecular complexity index is 1240. The van der Waals surface area contributed by atoms with Crippen LogP contribution in [0.3, 0.4) is 0 Å². The molecule has 4 rings (SSSR count). The predicted octanol–water partition coefficient (Wildman–Crippen LogP) is 3.26. The first-order valence-corrected chi connectivity index (χ1v) is 10.4. The second kappa shape index (κ2) is 8.12. The summed E-state index contributed by atoms with van der Waals surface area (Å²) < 4.78 is 4.33. The minimum absolute atomic E-state index is 0.0849. The number of hydrogen-bond donors (Lipinski definition) is 1. The van der Waals surface area contributed by atoms with Crippen LogP contribution in [0.1, 0.15) is 36.9 Å². The van der Waals surface area contributed by atoms with Crippen molar-refractivity contribution in [2.75, 3.05) is 6.54 Å². The molecule has 29 heavy (non-hydrogen) atoms. The number of aliphatic imine (C=N–C) groups is 1. The van der Waals surface area contributed by atoms with Gasteiger partial charge >= 0.3 is 0 Å². The van der Waals surface area contributed by atoms with E-state index in [1.54, 1.807) is 23.7 Å². The van der Waals surface area contributed by atoms with Crippen molar-refractivity contribution < 1.29 is 0 Å². The third-order valence-corrected chi connectivity index (χ3v) is 6.14. The van der Waals surface area contributed by atoms with Crippen LogP contribution in [0.2, 0.25) is 0 Å². The molecule has 0 aromatic carbocycles. The van der Waals surface area contributed by atoms with Crippen LogP contribution in [-0.2, 0) is 13.6 Å². The number of allylic oxidation sites excluding steroid dienone is 2. The lowest BCUT2D eigenvalue weighted by Crippen LogP contribution is -2.25. The molecule has 0 fully saturated rings. The van der Waals surface area contributed by atoms with E-state index in [2.05, 4.69) is 34.1 Å². The SMILES string of the molecule is CC/C=C\C=N/CCn1ncc2c3sc([C@H](C)c4cc[nH]n4)nc3n(C)c2c1=O. The molecule has 8 nitrogen and oxygen atoms in total. The third-order valence-electron chi connectivity index (χ3n) is 4.88. The number of H-pyrrole nitrogens is 1. The second-order valence-corrected chi connectivity index (χ2v) is 7.84. The highest BCUT2D eigenvalue weighted by Crippen LogP contribution is 2.35. The van der Waals surface area contributed by atoms with Gasteiger partial charge in [0, 0.05) is 24.8 Å². The van der Waals surface area contributed by atoms with Gasteiger partial charge in [0.15, 0.2) is 5.65 Å². The van der Waals surface area contributed by atoms with Gasteiger partial charge in [-0.05, 0) is 18.6 Å². The first-order chi connectivity index (χ1) is 14.1. The maximum absolute atomic E-state index is 13.0. The number of aryl methyl sites for hydroxylation is 1. The molecule has 4 aromatic rings. The van der Waals surface area contributed by atoms with Crippen LogP contribution < -0.4 is 5.56 Å². The Kier molecular flexibility index (Phi) is 5.39. The van der Waals surface area contributed by atoms with Gasteiger partial charge in [-0.3, -0.25) is 14.9 Å². The van der Waals surface area contributed by atoms with Gasteiger partial charge in [0.1, 0.15) is 10.5 Å². The zero-order chi connectivity index (χ0) is 20.4. The van der Waals surface area contributed by atoms with Crippen LogP contribution >= 0.6 is 11.3 Å². The van der Waals surface area contributed by atoms with Crippen molar-refractivity contribution in [3.63, 3.8) is 0 Å². The molecule has 0 aliphatic carbocycles. The fraction of sp³-hybridized carbons (Fsp3) is 0.350. The van der Waals surface area contributed by atoms with Crippen molar-refractivity contribution in [3.8, 4) is 0 Å². The molecule has 0 radical (unpaired) electrons. The van der Waals surface area contributed by atoms with Crippen LogP contribution in [0.4, 0.5) is 0 Å². The first kappa shape index (κ1) is 19.3. The van der Waals surface area contributed by atoms with Gasteiger partial charge in [0.05, 0.1) is 35.6 Å². The van der Waals surface area contributed by atoms with Gasteiger partial charge in [0.25, 0.3) is 5.56 Å². The molecule has 150 valence electrons. The Morgan fingerprint density at radius 1 is 1.41 bits per heavy atom. The average molecular weight is 410 g/mol. The molecule has 0 bridgehead atoms. The lowest BCUT2D eigenvalue weighted by Gasteiger charge is -2.05. The largest absolute Gasteiger partial charge is 0.323 e. The number of nitrogens with zero attached hydrogens (tertiary/aromatic N) is 6. The van der Waals surface area contributed by atoms with Gasteiger partial charge in [-0.25, -0.2) is 9.67 Å². The van der Waals surface area contributed by atoms with E-state index in [1.807, 2.05) is 36.0 Å². The monoisotopic (exact) mass is 409 g/mol. The molecule has 0 unspecified atom stereocenters. The summed E-state index contributed by atoms with van der Waals surface area (Å²) in [5, 5.41) is 13.3. The van der Waals surface area contributed by atoms with Crippen molar-refractivity contribution in [2.24, 2.45) is 12.0 Å². The number of aromatic amines is 1. The maximum atomic E-state index is 13.0. The van der Waals surface area contributed by atoms with Crippen molar-refractivity contribution in [2.45, 2.75) is 32.7 Å². The van der Waals surface area contributed by atoms with E-state index in [0.717, 1.165) is 32.9 Å². The summed E-state index contributed by atoms with van der Waals surface area (Å²) in [5.74, 6) is 0.0849. The van der Waals surface area contributed by atoms with Crippen LogP contribution in [0.15, 0.2) is 40.4 Å². The minimum Gasteiger partial charge on any atom is -0.323 e. The van der Waals surface area contributed by atoms with Crippen molar-refractivity contribution in [1.29, 1.82) is 0 Å². The van der Waals surface area contributed by atoms with E-state index < -0.39 is 0 Å². The molecule has 1 N–H and O–H groups in total. The molecule has 0 aliphatic rings. The van der Waals surface area contributed by atoms with E-state index in [4.69, 9.17) is 4.98 Å². The Morgan fingerprint density at radius 2 is 2.28 bits per heavy atom. The van der Waals surface area contributed by atoms with Crippen molar-refractivity contribution in [3.05, 3.63) is 51.7 Å². The van der Waals surface area contributed by atoms with Gasteiger partial charge < -0.3 is 4.57 Å². The van der Waals surface area contributed by atoms with Crippen LogP contribution in [0.25, 0.3) is 21.3 Å². The lowest BCUT2D eigenvalue weighted by molar-refractivity contribution is 0.593. The second-order valence-electron chi connectivity index (χ2n) is 6.81. The Morgan fingerprint density at radius 3 is 3.03 bits per heavy atom. The van der Waals surface area contributed by atoms with Gasteiger partial charge in [-0.1, -0.05) is 19.9 Å². The smallest absolute Gasteiger partial charge is 0.291 e. The van der Waals surface area contributed by atoms with E-state index in [0.29, 0.717) is 18.6 Å². The quantitative estimate of drug-likeness (QED) is 0.474. The molecule has 4 heterocycles. The average Bonchev–Trinajstić information content (AvgIpc) is 3.44. The van der Waals surface area contributed by atoms with Crippen molar-refractivity contribution >= 4 is 38.8 Å². The number of aromatic nitrogens is 6. The fourth-order valence-electron chi connectivity index (χ4n) is 3.27. The summed E-state index contributed by atoms with van der Waals surface area (Å²) >= 11 is 1.59. The third kappa shape index (κ3) is 3.53. The molecule has 9 heteroatoms. The number of rotatable bonds is 7. The van der Waals surface area contributed by atoms with Gasteiger partial charge in [-0.2, -0.15) is 10.2 Å². The highest BCUT2D eigenvalue weighted by molar-refractivity contribution is 7.19. The Balaban J connectivity index is 1.66. The fourth-order valence-corrected chi connectivity index (χ4v) is 4.45. The normalized spacial score (nSPS) is 13.5.